The van der Waals surface area contributed by atoms with Crippen LogP contribution in [0, 0.1) is 0 Å². The van der Waals surface area contributed by atoms with Crippen molar-refractivity contribution in [3.05, 3.63) is 24.7 Å². The van der Waals surface area contributed by atoms with E-state index < -0.39 is 0 Å². The third-order valence-corrected chi connectivity index (χ3v) is 2.50. The molecule has 0 unspecified atom stereocenters. The van der Waals surface area contributed by atoms with Gasteiger partial charge in [-0.25, -0.2) is 9.97 Å². The predicted octanol–water partition coefficient (Wildman–Crippen LogP) is 1.01. The van der Waals surface area contributed by atoms with Gasteiger partial charge in [0.2, 0.25) is 0 Å². The van der Waals surface area contributed by atoms with Gasteiger partial charge in [0.25, 0.3) is 0 Å². The Kier molecular flexibility index (Phi) is 2.07. The SMILES string of the molecule is CCOn1cnc2c(N)nc3cccnc3c21. The Hall–Kier alpha value is -2.37. The molecule has 0 saturated carbocycles. The molecule has 6 heteroatoms. The van der Waals surface area contributed by atoms with Crippen LogP contribution in [0.1, 0.15) is 6.92 Å². The molecule has 0 atom stereocenters. The summed E-state index contributed by atoms with van der Waals surface area (Å²) in [5.41, 5.74) is 8.71. The second-order valence-electron chi connectivity index (χ2n) is 3.55. The van der Waals surface area contributed by atoms with Crippen LogP contribution in [0.2, 0.25) is 0 Å². The molecular formula is C11H11N5O. The van der Waals surface area contributed by atoms with Gasteiger partial charge < -0.3 is 10.6 Å². The summed E-state index contributed by atoms with van der Waals surface area (Å²) in [6.45, 7) is 2.45. The number of hydrogen-bond donors (Lipinski definition) is 1. The summed E-state index contributed by atoms with van der Waals surface area (Å²) in [4.78, 5) is 18.2. The Morgan fingerprint density at radius 2 is 2.24 bits per heavy atom. The largest absolute Gasteiger partial charge is 0.413 e. The number of aromatic nitrogens is 4. The van der Waals surface area contributed by atoms with Crippen LogP contribution >= 0.6 is 0 Å². The number of anilines is 1. The van der Waals surface area contributed by atoms with Crippen LogP contribution in [0.25, 0.3) is 22.1 Å². The fourth-order valence-corrected chi connectivity index (χ4v) is 1.83. The molecule has 2 N–H and O–H groups in total. The van der Waals surface area contributed by atoms with Crippen LogP contribution in [-0.2, 0) is 0 Å². The average molecular weight is 229 g/mol. The molecule has 17 heavy (non-hydrogen) atoms. The van der Waals surface area contributed by atoms with Crippen molar-refractivity contribution in [2.45, 2.75) is 6.92 Å². The molecule has 86 valence electrons. The average Bonchev–Trinajstić information content (AvgIpc) is 2.75. The minimum absolute atomic E-state index is 0.388. The van der Waals surface area contributed by atoms with Crippen LogP contribution in [0.3, 0.4) is 0 Å². The number of rotatable bonds is 2. The molecule has 0 spiro atoms. The van der Waals surface area contributed by atoms with Crippen molar-refractivity contribution in [3.63, 3.8) is 0 Å². The summed E-state index contributed by atoms with van der Waals surface area (Å²) in [6.07, 6.45) is 3.29. The van der Waals surface area contributed by atoms with E-state index >= 15 is 0 Å². The van der Waals surface area contributed by atoms with Crippen LogP contribution in [0.15, 0.2) is 24.7 Å². The van der Waals surface area contributed by atoms with Gasteiger partial charge in [-0.2, -0.15) is 4.73 Å². The van der Waals surface area contributed by atoms with Crippen molar-refractivity contribution >= 4 is 27.9 Å². The molecule has 0 aliphatic rings. The van der Waals surface area contributed by atoms with Gasteiger partial charge in [-0.05, 0) is 19.1 Å². The first kappa shape index (κ1) is 9.83. The van der Waals surface area contributed by atoms with E-state index in [1.165, 1.54) is 0 Å². The van der Waals surface area contributed by atoms with E-state index in [1.807, 2.05) is 19.1 Å². The number of hydrogen-bond acceptors (Lipinski definition) is 5. The Labute approximate surface area is 97.0 Å². The van der Waals surface area contributed by atoms with Gasteiger partial charge in [-0.3, -0.25) is 4.98 Å². The van der Waals surface area contributed by atoms with Gasteiger partial charge in [0.05, 0.1) is 5.52 Å². The third-order valence-electron chi connectivity index (χ3n) is 2.50. The van der Waals surface area contributed by atoms with E-state index in [9.17, 15) is 0 Å². The topological polar surface area (TPSA) is 78.9 Å². The van der Waals surface area contributed by atoms with E-state index in [2.05, 4.69) is 15.0 Å². The molecule has 0 aliphatic heterocycles. The van der Waals surface area contributed by atoms with Crippen molar-refractivity contribution in [2.75, 3.05) is 12.3 Å². The molecule has 0 fully saturated rings. The molecule has 0 saturated heterocycles. The number of nitrogens with zero attached hydrogens (tertiary/aromatic N) is 4. The quantitative estimate of drug-likeness (QED) is 0.709. The lowest BCUT2D eigenvalue weighted by atomic mass is 10.3. The van der Waals surface area contributed by atoms with Crippen LogP contribution < -0.4 is 10.6 Å². The molecule has 0 aromatic carbocycles. The van der Waals surface area contributed by atoms with Crippen molar-refractivity contribution < 1.29 is 4.84 Å². The zero-order valence-corrected chi connectivity index (χ0v) is 9.29. The lowest BCUT2D eigenvalue weighted by Crippen LogP contribution is -2.09. The van der Waals surface area contributed by atoms with E-state index in [4.69, 9.17) is 10.6 Å². The minimum atomic E-state index is 0.388. The first-order chi connectivity index (χ1) is 8.31. The molecule has 6 nitrogen and oxygen atoms in total. The Morgan fingerprint density at radius 3 is 3.06 bits per heavy atom. The maximum absolute atomic E-state index is 5.86. The van der Waals surface area contributed by atoms with E-state index in [1.54, 1.807) is 17.3 Å². The number of nitrogen functional groups attached to an aromatic ring is 1. The highest BCUT2D eigenvalue weighted by Gasteiger charge is 2.13. The fourth-order valence-electron chi connectivity index (χ4n) is 1.83. The monoisotopic (exact) mass is 229 g/mol. The number of fused-ring (bicyclic) bond motifs is 3. The molecule has 3 aromatic heterocycles. The molecule has 3 aromatic rings. The maximum atomic E-state index is 5.86. The van der Waals surface area contributed by atoms with Crippen molar-refractivity contribution in [3.8, 4) is 0 Å². The number of nitrogens with two attached hydrogens (primary N) is 1. The zero-order valence-electron chi connectivity index (χ0n) is 9.29. The Morgan fingerprint density at radius 1 is 1.35 bits per heavy atom. The Balaban J connectivity index is 2.47. The highest BCUT2D eigenvalue weighted by molar-refractivity contribution is 6.03. The van der Waals surface area contributed by atoms with Gasteiger partial charge in [-0.15, -0.1) is 0 Å². The first-order valence-corrected chi connectivity index (χ1v) is 5.32. The van der Waals surface area contributed by atoms with Crippen LogP contribution in [0.4, 0.5) is 5.82 Å². The summed E-state index contributed by atoms with van der Waals surface area (Å²) in [6, 6.07) is 3.68. The smallest absolute Gasteiger partial charge is 0.152 e. The molecule has 0 bridgehead atoms. The number of pyridine rings is 2. The van der Waals surface area contributed by atoms with E-state index in [0.717, 1.165) is 16.6 Å². The lowest BCUT2D eigenvalue weighted by Gasteiger charge is -2.06. The fraction of sp³-hybridized carbons (Fsp3) is 0.182. The Bertz CT molecular complexity index is 691. The second kappa shape index (κ2) is 3.58. The van der Waals surface area contributed by atoms with Crippen molar-refractivity contribution in [1.82, 2.24) is 19.7 Å². The molecular weight excluding hydrogens is 218 g/mol. The lowest BCUT2D eigenvalue weighted by molar-refractivity contribution is 0.131. The first-order valence-electron chi connectivity index (χ1n) is 5.32. The maximum Gasteiger partial charge on any atom is 0.152 e. The standard InChI is InChI=1S/C11H11N5O/c1-2-17-16-6-14-9-10(16)8-7(15-11(9)12)4-3-5-13-8/h3-6H,2H2,1H3,(H2,12,15). The summed E-state index contributed by atoms with van der Waals surface area (Å²) in [7, 11) is 0. The molecule has 0 aliphatic carbocycles. The van der Waals surface area contributed by atoms with Gasteiger partial charge in [-0.1, -0.05) is 0 Å². The van der Waals surface area contributed by atoms with Gasteiger partial charge >= 0.3 is 0 Å². The van der Waals surface area contributed by atoms with E-state index in [0.29, 0.717) is 17.9 Å². The summed E-state index contributed by atoms with van der Waals surface area (Å²) < 4.78 is 1.59. The molecule has 0 amide bonds. The molecule has 0 radical (unpaired) electrons. The molecule has 3 heterocycles. The summed E-state index contributed by atoms with van der Waals surface area (Å²) in [5, 5.41) is 0. The summed E-state index contributed by atoms with van der Waals surface area (Å²) in [5.74, 6) is 0.388. The highest BCUT2D eigenvalue weighted by atomic mass is 16.7. The molecule has 3 rings (SSSR count). The minimum Gasteiger partial charge on any atom is -0.413 e. The van der Waals surface area contributed by atoms with Crippen LogP contribution in [0.5, 0.6) is 0 Å². The van der Waals surface area contributed by atoms with Gasteiger partial charge in [0.15, 0.2) is 5.82 Å². The van der Waals surface area contributed by atoms with Crippen LogP contribution in [-0.4, -0.2) is 26.3 Å². The normalized spacial score (nSPS) is 11.1. The van der Waals surface area contributed by atoms with E-state index in [-0.39, 0.29) is 0 Å². The van der Waals surface area contributed by atoms with Crippen molar-refractivity contribution in [2.24, 2.45) is 0 Å². The van der Waals surface area contributed by atoms with Gasteiger partial charge in [0, 0.05) is 6.20 Å². The second-order valence-corrected chi connectivity index (χ2v) is 3.55. The van der Waals surface area contributed by atoms with Gasteiger partial charge in [0.1, 0.15) is 29.5 Å². The van der Waals surface area contributed by atoms with Crippen molar-refractivity contribution in [1.29, 1.82) is 0 Å². The zero-order chi connectivity index (χ0) is 11.8. The third kappa shape index (κ3) is 1.37. The predicted molar refractivity (Wildman–Crippen MR) is 64.4 cm³/mol. The highest BCUT2D eigenvalue weighted by Crippen LogP contribution is 2.24. The number of imidazole rings is 1. The summed E-state index contributed by atoms with van der Waals surface area (Å²) >= 11 is 0.